The Balaban J connectivity index is 1.50. The predicted molar refractivity (Wildman–Crippen MR) is 62.8 cm³/mol. The third-order valence-electron chi connectivity index (χ3n) is 3.14. The molecular weight excluding hydrogens is 194 g/mol. The number of nitrogens with zero attached hydrogens (tertiary/aromatic N) is 1. The summed E-state index contributed by atoms with van der Waals surface area (Å²) >= 11 is 2.08. The Hall–Kier alpha value is 0.230. The fourth-order valence-electron chi connectivity index (χ4n) is 2.08. The van der Waals surface area contributed by atoms with Crippen molar-refractivity contribution in [3.63, 3.8) is 0 Å². The first kappa shape index (κ1) is 10.7. The van der Waals surface area contributed by atoms with Crippen LogP contribution < -0.4 is 11.1 Å². The normalized spacial score (nSPS) is 34.1. The number of rotatable bonds is 4. The van der Waals surface area contributed by atoms with Crippen molar-refractivity contribution < 1.29 is 0 Å². The van der Waals surface area contributed by atoms with Gasteiger partial charge in [-0.05, 0) is 12.8 Å². The molecule has 3 N–H and O–H groups in total. The number of thioether (sulfide) groups is 1. The lowest BCUT2D eigenvalue weighted by atomic mass is 9.88. The highest BCUT2D eigenvalue weighted by Crippen LogP contribution is 2.16. The largest absolute Gasteiger partial charge is 0.328 e. The molecule has 3 nitrogen and oxygen atoms in total. The van der Waals surface area contributed by atoms with Gasteiger partial charge in [0.2, 0.25) is 0 Å². The van der Waals surface area contributed by atoms with Crippen LogP contribution in [0.3, 0.4) is 0 Å². The van der Waals surface area contributed by atoms with E-state index in [-0.39, 0.29) is 0 Å². The number of hydrogen-bond acceptors (Lipinski definition) is 4. The molecule has 0 aromatic carbocycles. The van der Waals surface area contributed by atoms with Crippen LogP contribution in [0.15, 0.2) is 0 Å². The summed E-state index contributed by atoms with van der Waals surface area (Å²) < 4.78 is 0. The van der Waals surface area contributed by atoms with Crippen molar-refractivity contribution in [1.29, 1.82) is 0 Å². The molecule has 1 aliphatic carbocycles. The molecule has 2 rings (SSSR count). The van der Waals surface area contributed by atoms with Gasteiger partial charge in [0.15, 0.2) is 0 Å². The molecule has 2 aliphatic rings. The average molecular weight is 215 g/mol. The van der Waals surface area contributed by atoms with Gasteiger partial charge in [0.1, 0.15) is 0 Å². The van der Waals surface area contributed by atoms with Crippen LogP contribution in [0.1, 0.15) is 12.8 Å². The van der Waals surface area contributed by atoms with Gasteiger partial charge in [-0.25, -0.2) is 0 Å². The first-order valence-electron chi connectivity index (χ1n) is 5.63. The first-order valence-corrected chi connectivity index (χ1v) is 6.79. The Morgan fingerprint density at radius 2 is 2.00 bits per heavy atom. The zero-order valence-electron chi connectivity index (χ0n) is 8.74. The van der Waals surface area contributed by atoms with Crippen LogP contribution in [0.4, 0.5) is 0 Å². The fourth-order valence-corrected chi connectivity index (χ4v) is 3.06. The third kappa shape index (κ3) is 3.12. The molecule has 0 bridgehead atoms. The molecule has 0 amide bonds. The van der Waals surface area contributed by atoms with E-state index in [1.807, 2.05) is 0 Å². The average Bonchev–Trinajstić information content (AvgIpc) is 2.17. The third-order valence-corrected chi connectivity index (χ3v) is 4.08. The first-order chi connectivity index (χ1) is 6.84. The van der Waals surface area contributed by atoms with Gasteiger partial charge >= 0.3 is 0 Å². The summed E-state index contributed by atoms with van der Waals surface area (Å²) in [5, 5.41) is 3.57. The summed E-state index contributed by atoms with van der Waals surface area (Å²) in [4.78, 5) is 2.56. The summed E-state index contributed by atoms with van der Waals surface area (Å²) in [5.41, 5.74) is 5.73. The van der Waals surface area contributed by atoms with Crippen molar-refractivity contribution in [2.24, 2.45) is 5.73 Å². The summed E-state index contributed by atoms with van der Waals surface area (Å²) in [6.07, 6.45) is 2.35. The van der Waals surface area contributed by atoms with Crippen molar-refractivity contribution in [2.45, 2.75) is 24.9 Å². The minimum absolute atomic E-state index is 0.471. The number of hydrogen-bond donors (Lipinski definition) is 2. The van der Waals surface area contributed by atoms with Crippen LogP contribution in [0.5, 0.6) is 0 Å². The summed E-state index contributed by atoms with van der Waals surface area (Å²) in [5.74, 6) is 2.63. The number of nitrogens with two attached hydrogens (primary N) is 1. The predicted octanol–water partition coefficient (Wildman–Crippen LogP) is 0.115. The van der Waals surface area contributed by atoms with Gasteiger partial charge in [-0.15, -0.1) is 0 Å². The van der Waals surface area contributed by atoms with Crippen LogP contribution >= 0.6 is 11.8 Å². The fraction of sp³-hybridized carbons (Fsp3) is 1.00. The van der Waals surface area contributed by atoms with Gasteiger partial charge in [-0.3, -0.25) is 0 Å². The molecule has 0 unspecified atom stereocenters. The SMILES string of the molecule is NC1CC(NCCN2CCSCC2)C1. The summed E-state index contributed by atoms with van der Waals surface area (Å²) in [6, 6.07) is 1.18. The van der Waals surface area contributed by atoms with Gasteiger partial charge in [0, 0.05) is 49.8 Å². The van der Waals surface area contributed by atoms with Crippen molar-refractivity contribution in [3.8, 4) is 0 Å². The molecule has 82 valence electrons. The van der Waals surface area contributed by atoms with E-state index in [4.69, 9.17) is 5.73 Å². The molecule has 0 aromatic heterocycles. The smallest absolute Gasteiger partial charge is 0.0108 e. The summed E-state index contributed by atoms with van der Waals surface area (Å²) in [6.45, 7) is 4.90. The maximum absolute atomic E-state index is 5.73. The lowest BCUT2D eigenvalue weighted by Crippen LogP contribution is -2.50. The van der Waals surface area contributed by atoms with Crippen LogP contribution in [-0.2, 0) is 0 Å². The second-order valence-corrected chi connectivity index (χ2v) is 5.56. The van der Waals surface area contributed by atoms with Crippen LogP contribution in [0.2, 0.25) is 0 Å². The van der Waals surface area contributed by atoms with E-state index >= 15 is 0 Å². The zero-order valence-corrected chi connectivity index (χ0v) is 9.56. The van der Waals surface area contributed by atoms with E-state index < -0.39 is 0 Å². The zero-order chi connectivity index (χ0) is 9.80. The Labute approximate surface area is 90.8 Å². The molecule has 2 fully saturated rings. The van der Waals surface area contributed by atoms with Crippen molar-refractivity contribution in [2.75, 3.05) is 37.7 Å². The minimum atomic E-state index is 0.471. The molecule has 4 heteroatoms. The molecule has 0 atom stereocenters. The van der Waals surface area contributed by atoms with Gasteiger partial charge in [0.25, 0.3) is 0 Å². The van der Waals surface area contributed by atoms with E-state index in [2.05, 4.69) is 22.0 Å². The minimum Gasteiger partial charge on any atom is -0.328 e. The quantitative estimate of drug-likeness (QED) is 0.699. The highest BCUT2D eigenvalue weighted by Gasteiger charge is 2.24. The standard InChI is InChI=1S/C10H21N3S/c11-9-7-10(8-9)12-1-2-13-3-5-14-6-4-13/h9-10,12H,1-8,11H2. The summed E-state index contributed by atoms with van der Waals surface area (Å²) in [7, 11) is 0. The molecular formula is C10H21N3S. The van der Waals surface area contributed by atoms with E-state index in [0.29, 0.717) is 12.1 Å². The van der Waals surface area contributed by atoms with E-state index in [0.717, 1.165) is 6.54 Å². The highest BCUT2D eigenvalue weighted by molar-refractivity contribution is 7.99. The maximum atomic E-state index is 5.73. The van der Waals surface area contributed by atoms with Gasteiger partial charge in [-0.1, -0.05) is 0 Å². The topological polar surface area (TPSA) is 41.3 Å². The molecule has 0 spiro atoms. The van der Waals surface area contributed by atoms with Gasteiger partial charge in [-0.2, -0.15) is 11.8 Å². The molecule has 0 radical (unpaired) electrons. The van der Waals surface area contributed by atoms with Crippen molar-refractivity contribution in [3.05, 3.63) is 0 Å². The van der Waals surface area contributed by atoms with Crippen LogP contribution in [0.25, 0.3) is 0 Å². The van der Waals surface area contributed by atoms with E-state index in [1.54, 1.807) is 0 Å². The van der Waals surface area contributed by atoms with Crippen LogP contribution in [-0.4, -0.2) is 54.7 Å². The molecule has 1 saturated carbocycles. The second kappa shape index (κ2) is 5.35. The monoisotopic (exact) mass is 215 g/mol. The lowest BCUT2D eigenvalue weighted by Gasteiger charge is -2.34. The van der Waals surface area contributed by atoms with Gasteiger partial charge in [0.05, 0.1) is 0 Å². The molecule has 1 saturated heterocycles. The Morgan fingerprint density at radius 1 is 1.29 bits per heavy atom. The van der Waals surface area contributed by atoms with Crippen LogP contribution in [0, 0.1) is 0 Å². The lowest BCUT2D eigenvalue weighted by molar-refractivity contribution is 0.256. The van der Waals surface area contributed by atoms with Gasteiger partial charge < -0.3 is 16.0 Å². The van der Waals surface area contributed by atoms with Crippen molar-refractivity contribution >= 4 is 11.8 Å². The molecule has 1 heterocycles. The number of nitrogens with one attached hydrogen (secondary N) is 1. The Kier molecular flexibility index (Phi) is 4.10. The van der Waals surface area contributed by atoms with E-state index in [1.165, 1.54) is 44.0 Å². The molecule has 14 heavy (non-hydrogen) atoms. The Bertz CT molecular complexity index is 165. The maximum Gasteiger partial charge on any atom is 0.0108 e. The highest BCUT2D eigenvalue weighted by atomic mass is 32.2. The molecule has 1 aliphatic heterocycles. The van der Waals surface area contributed by atoms with E-state index in [9.17, 15) is 0 Å². The van der Waals surface area contributed by atoms with Crippen molar-refractivity contribution in [1.82, 2.24) is 10.2 Å². The molecule has 0 aromatic rings. The second-order valence-electron chi connectivity index (χ2n) is 4.34. The Morgan fingerprint density at radius 3 is 2.64 bits per heavy atom.